The highest BCUT2D eigenvalue weighted by Crippen LogP contribution is 2.27. The normalized spacial score (nSPS) is 10.8. The van der Waals surface area contributed by atoms with Crippen molar-refractivity contribution in [2.45, 2.75) is 0 Å². The van der Waals surface area contributed by atoms with E-state index in [2.05, 4.69) is 10.1 Å². The number of aromatic amines is 1. The molecule has 2 aromatic heterocycles. The van der Waals surface area contributed by atoms with E-state index in [9.17, 15) is 9.59 Å². The third kappa shape index (κ3) is 2.44. The van der Waals surface area contributed by atoms with Gasteiger partial charge in [0.25, 0.3) is 11.5 Å². The number of fused-ring (bicyclic) bond motifs is 1. The standard InChI is InChI=1S/C15H14N4O3/c1-19-13(4-5-18-19)12-7-17-15(21)11-6-9(2-3-10(11)12)22-8-14(16)20/h2-7H,8H2,1H3,(H2,16,20)(H,17,21). The summed E-state index contributed by atoms with van der Waals surface area (Å²) in [7, 11) is 1.83. The molecule has 0 atom stereocenters. The molecule has 0 saturated carbocycles. The molecule has 0 spiro atoms. The van der Waals surface area contributed by atoms with Crippen molar-refractivity contribution in [1.29, 1.82) is 0 Å². The number of aryl methyl sites for hydroxylation is 1. The largest absolute Gasteiger partial charge is 0.484 e. The average molecular weight is 298 g/mol. The number of carbonyl (C=O) groups is 1. The Bertz CT molecular complexity index is 911. The first-order valence-corrected chi connectivity index (χ1v) is 6.61. The number of hydrogen-bond acceptors (Lipinski definition) is 4. The van der Waals surface area contributed by atoms with E-state index >= 15 is 0 Å². The second kappa shape index (κ2) is 5.36. The fraction of sp³-hybridized carbons (Fsp3) is 0.133. The Hall–Kier alpha value is -3.09. The van der Waals surface area contributed by atoms with Crippen LogP contribution >= 0.6 is 0 Å². The summed E-state index contributed by atoms with van der Waals surface area (Å²) in [6.07, 6.45) is 3.35. The van der Waals surface area contributed by atoms with Crippen molar-refractivity contribution in [2.24, 2.45) is 12.8 Å². The lowest BCUT2D eigenvalue weighted by Gasteiger charge is -2.09. The van der Waals surface area contributed by atoms with Crippen LogP contribution in [0.25, 0.3) is 22.0 Å². The highest BCUT2D eigenvalue weighted by atomic mass is 16.5. The van der Waals surface area contributed by atoms with Gasteiger partial charge in [-0.2, -0.15) is 5.10 Å². The summed E-state index contributed by atoms with van der Waals surface area (Å²) < 4.78 is 6.97. The Morgan fingerprint density at radius 2 is 2.18 bits per heavy atom. The van der Waals surface area contributed by atoms with Gasteiger partial charge in [0.2, 0.25) is 0 Å². The highest BCUT2D eigenvalue weighted by molar-refractivity contribution is 5.95. The molecule has 0 aliphatic rings. The maximum absolute atomic E-state index is 12.1. The predicted octanol–water partition coefficient (Wildman–Crippen LogP) is 0.793. The molecule has 3 N–H and O–H groups in total. The van der Waals surface area contributed by atoms with E-state index in [0.717, 1.165) is 16.6 Å². The van der Waals surface area contributed by atoms with Gasteiger partial charge < -0.3 is 15.5 Å². The number of H-pyrrole nitrogens is 1. The monoisotopic (exact) mass is 298 g/mol. The van der Waals surface area contributed by atoms with Crippen LogP contribution in [0.4, 0.5) is 0 Å². The fourth-order valence-corrected chi connectivity index (χ4v) is 2.33. The highest BCUT2D eigenvalue weighted by Gasteiger charge is 2.11. The van der Waals surface area contributed by atoms with Crippen molar-refractivity contribution < 1.29 is 9.53 Å². The van der Waals surface area contributed by atoms with Crippen molar-refractivity contribution in [2.75, 3.05) is 6.61 Å². The second-order valence-electron chi connectivity index (χ2n) is 4.83. The SMILES string of the molecule is Cn1nccc1-c1c[nH]c(=O)c2cc(OCC(N)=O)ccc12. The number of carbonyl (C=O) groups excluding carboxylic acids is 1. The number of rotatable bonds is 4. The molecular weight excluding hydrogens is 284 g/mol. The van der Waals surface area contributed by atoms with Crippen LogP contribution in [0, 0.1) is 0 Å². The maximum Gasteiger partial charge on any atom is 0.255 e. The van der Waals surface area contributed by atoms with E-state index < -0.39 is 5.91 Å². The average Bonchev–Trinajstić information content (AvgIpc) is 2.92. The molecule has 7 heteroatoms. The molecule has 1 aromatic carbocycles. The topological polar surface area (TPSA) is 103 Å². The lowest BCUT2D eigenvalue weighted by atomic mass is 10.0. The molecule has 0 unspecified atom stereocenters. The van der Waals surface area contributed by atoms with Crippen molar-refractivity contribution in [3.63, 3.8) is 0 Å². The van der Waals surface area contributed by atoms with Crippen LogP contribution in [0.1, 0.15) is 0 Å². The summed E-state index contributed by atoms with van der Waals surface area (Å²) in [5, 5.41) is 5.39. The first kappa shape index (κ1) is 13.9. The number of nitrogens with zero attached hydrogens (tertiary/aromatic N) is 2. The van der Waals surface area contributed by atoms with Crippen LogP contribution < -0.4 is 16.0 Å². The predicted molar refractivity (Wildman–Crippen MR) is 81.5 cm³/mol. The van der Waals surface area contributed by atoms with Gasteiger partial charge in [0.1, 0.15) is 5.75 Å². The zero-order valence-electron chi connectivity index (χ0n) is 11.9. The summed E-state index contributed by atoms with van der Waals surface area (Å²) in [5.74, 6) is -0.156. The first-order valence-electron chi connectivity index (χ1n) is 6.61. The minimum atomic E-state index is -0.572. The summed E-state index contributed by atoms with van der Waals surface area (Å²) in [6, 6.07) is 6.94. The van der Waals surface area contributed by atoms with Crippen molar-refractivity contribution >= 4 is 16.7 Å². The second-order valence-corrected chi connectivity index (χ2v) is 4.83. The first-order chi connectivity index (χ1) is 10.6. The maximum atomic E-state index is 12.1. The van der Waals surface area contributed by atoms with Crippen LogP contribution in [0.5, 0.6) is 5.75 Å². The van der Waals surface area contributed by atoms with E-state index in [1.54, 1.807) is 35.3 Å². The molecule has 1 amide bonds. The molecule has 0 fully saturated rings. The molecule has 22 heavy (non-hydrogen) atoms. The zero-order valence-corrected chi connectivity index (χ0v) is 11.9. The minimum Gasteiger partial charge on any atom is -0.484 e. The molecule has 0 radical (unpaired) electrons. The lowest BCUT2D eigenvalue weighted by Crippen LogP contribution is -2.20. The molecule has 0 aliphatic carbocycles. The number of primary amides is 1. The smallest absolute Gasteiger partial charge is 0.255 e. The lowest BCUT2D eigenvalue weighted by molar-refractivity contribution is -0.119. The van der Waals surface area contributed by atoms with Crippen molar-refractivity contribution in [3.05, 3.63) is 47.0 Å². The molecule has 0 saturated heterocycles. The van der Waals surface area contributed by atoms with E-state index in [4.69, 9.17) is 10.5 Å². The molecule has 2 heterocycles. The van der Waals surface area contributed by atoms with Crippen LogP contribution in [-0.2, 0) is 11.8 Å². The summed E-state index contributed by atoms with van der Waals surface area (Å²) >= 11 is 0. The Labute approximate surface area is 125 Å². The number of aromatic nitrogens is 3. The third-order valence-electron chi connectivity index (χ3n) is 3.35. The van der Waals surface area contributed by atoms with Gasteiger partial charge in [0, 0.05) is 25.0 Å². The van der Waals surface area contributed by atoms with Gasteiger partial charge in [-0.15, -0.1) is 0 Å². The fourth-order valence-electron chi connectivity index (χ4n) is 2.33. The number of ether oxygens (including phenoxy) is 1. The number of nitrogens with one attached hydrogen (secondary N) is 1. The Balaban J connectivity index is 2.14. The van der Waals surface area contributed by atoms with E-state index in [1.807, 2.05) is 13.1 Å². The Kier molecular flexibility index (Phi) is 3.38. The number of pyridine rings is 1. The molecule has 7 nitrogen and oxygen atoms in total. The summed E-state index contributed by atoms with van der Waals surface area (Å²) in [4.78, 5) is 25.5. The summed E-state index contributed by atoms with van der Waals surface area (Å²) in [5.41, 5.74) is 6.55. The number of benzene rings is 1. The van der Waals surface area contributed by atoms with Crippen molar-refractivity contribution in [3.8, 4) is 17.0 Å². The molecule has 0 aliphatic heterocycles. The minimum absolute atomic E-state index is 0.231. The van der Waals surface area contributed by atoms with E-state index in [0.29, 0.717) is 11.1 Å². The summed E-state index contributed by atoms with van der Waals surface area (Å²) in [6.45, 7) is -0.231. The molecule has 0 bridgehead atoms. The zero-order chi connectivity index (χ0) is 15.7. The van der Waals surface area contributed by atoms with Gasteiger partial charge in [0.15, 0.2) is 6.61 Å². The number of hydrogen-bond donors (Lipinski definition) is 2. The quantitative estimate of drug-likeness (QED) is 0.743. The molecule has 3 aromatic rings. The van der Waals surface area contributed by atoms with E-state index in [1.165, 1.54) is 0 Å². The van der Waals surface area contributed by atoms with Gasteiger partial charge in [0.05, 0.1) is 11.1 Å². The van der Waals surface area contributed by atoms with Crippen molar-refractivity contribution in [1.82, 2.24) is 14.8 Å². The Morgan fingerprint density at radius 3 is 2.86 bits per heavy atom. The van der Waals surface area contributed by atoms with Gasteiger partial charge in [-0.25, -0.2) is 0 Å². The Morgan fingerprint density at radius 1 is 1.36 bits per heavy atom. The number of amides is 1. The third-order valence-corrected chi connectivity index (χ3v) is 3.35. The van der Waals surface area contributed by atoms with E-state index in [-0.39, 0.29) is 12.2 Å². The molecular formula is C15H14N4O3. The van der Waals surface area contributed by atoms with Crippen LogP contribution in [0.3, 0.4) is 0 Å². The van der Waals surface area contributed by atoms with Gasteiger partial charge in [-0.1, -0.05) is 0 Å². The van der Waals surface area contributed by atoms with Crippen LogP contribution in [0.2, 0.25) is 0 Å². The van der Waals surface area contributed by atoms with Gasteiger partial charge >= 0.3 is 0 Å². The van der Waals surface area contributed by atoms with Crippen LogP contribution in [0.15, 0.2) is 41.5 Å². The number of nitrogens with two attached hydrogens (primary N) is 1. The van der Waals surface area contributed by atoms with Gasteiger partial charge in [-0.05, 0) is 29.7 Å². The van der Waals surface area contributed by atoms with Crippen LogP contribution in [-0.4, -0.2) is 27.3 Å². The molecule has 3 rings (SSSR count). The van der Waals surface area contributed by atoms with Gasteiger partial charge in [-0.3, -0.25) is 14.3 Å². The molecule has 112 valence electrons.